The summed E-state index contributed by atoms with van der Waals surface area (Å²) < 4.78 is 0. The highest BCUT2D eigenvalue weighted by atomic mass is 32.2. The van der Waals surface area contributed by atoms with E-state index < -0.39 is 0 Å². The van der Waals surface area contributed by atoms with Crippen molar-refractivity contribution >= 4 is 41.8 Å². The maximum atomic E-state index is 4.63. The lowest BCUT2D eigenvalue weighted by molar-refractivity contribution is 0.457. The Morgan fingerprint density at radius 2 is 1.61 bits per heavy atom. The van der Waals surface area contributed by atoms with Crippen molar-refractivity contribution in [3.8, 4) is 11.1 Å². The summed E-state index contributed by atoms with van der Waals surface area (Å²) in [5.74, 6) is 0.271. The number of aryl methyl sites for hydroxylation is 1. The van der Waals surface area contributed by atoms with E-state index in [1.54, 1.807) is 0 Å². The number of hydrogen-bond acceptors (Lipinski definition) is 2. The van der Waals surface area contributed by atoms with E-state index in [4.69, 9.17) is 0 Å². The van der Waals surface area contributed by atoms with Crippen LogP contribution >= 0.6 is 11.8 Å². The predicted molar refractivity (Wildman–Crippen MR) is 256 cm³/mol. The Bertz CT molecular complexity index is 2630. The fraction of sp³-hybridized carbons (Fsp3) is 0.158. The molecule has 1 heterocycles. The molecule has 9 rings (SSSR count). The van der Waals surface area contributed by atoms with Gasteiger partial charge in [-0.3, -0.25) is 0 Å². The molecule has 5 aromatic rings. The third-order valence-corrected chi connectivity index (χ3v) is 13.6. The fourth-order valence-electron chi connectivity index (χ4n) is 9.78. The molecule has 2 unspecified atom stereocenters. The molecule has 0 radical (unpaired) electrons. The quantitative estimate of drug-likeness (QED) is 0.131. The number of benzene rings is 5. The van der Waals surface area contributed by atoms with Crippen LogP contribution < -0.4 is 4.90 Å². The first-order valence-electron chi connectivity index (χ1n) is 21.1. The van der Waals surface area contributed by atoms with Crippen molar-refractivity contribution < 1.29 is 0 Å². The molecule has 0 fully saturated rings. The average Bonchev–Trinajstić information content (AvgIpc) is 3.64. The molecular formula is C57H51NS. The van der Waals surface area contributed by atoms with Crippen molar-refractivity contribution in [3.05, 3.63) is 238 Å². The van der Waals surface area contributed by atoms with E-state index in [1.807, 2.05) is 23.9 Å². The summed E-state index contributed by atoms with van der Waals surface area (Å²) in [6.07, 6.45) is 31.6. The number of rotatable bonds is 11. The van der Waals surface area contributed by atoms with Crippen molar-refractivity contribution in [2.45, 2.75) is 55.3 Å². The van der Waals surface area contributed by atoms with Gasteiger partial charge < -0.3 is 4.90 Å². The monoisotopic (exact) mass is 781 g/mol. The Kier molecular flexibility index (Phi) is 11.1. The average molecular weight is 782 g/mol. The van der Waals surface area contributed by atoms with Gasteiger partial charge in [-0.2, -0.15) is 0 Å². The van der Waals surface area contributed by atoms with Crippen LogP contribution in [0.1, 0.15) is 83.0 Å². The van der Waals surface area contributed by atoms with Gasteiger partial charge in [0.25, 0.3) is 0 Å². The largest absolute Gasteiger partial charge is 0.321 e. The molecule has 0 N–H and O–H groups in total. The molecule has 1 nitrogen and oxygen atoms in total. The highest BCUT2D eigenvalue weighted by Crippen LogP contribution is 2.58. The Morgan fingerprint density at radius 3 is 2.46 bits per heavy atom. The summed E-state index contributed by atoms with van der Waals surface area (Å²) in [7, 11) is 0. The molecule has 0 spiro atoms. The first kappa shape index (κ1) is 38.4. The van der Waals surface area contributed by atoms with E-state index in [0.717, 1.165) is 50.5 Å². The van der Waals surface area contributed by atoms with Gasteiger partial charge in [0, 0.05) is 22.5 Å². The summed E-state index contributed by atoms with van der Waals surface area (Å²) in [6.45, 7) is 12.8. The normalized spacial score (nSPS) is 20.4. The summed E-state index contributed by atoms with van der Waals surface area (Å²) in [6, 6.07) is 40.8. The highest BCUT2D eigenvalue weighted by molar-refractivity contribution is 8.02. The minimum atomic E-state index is -0.333. The van der Waals surface area contributed by atoms with E-state index in [9.17, 15) is 0 Å². The van der Waals surface area contributed by atoms with E-state index in [2.05, 4.69) is 194 Å². The number of anilines is 1. The molecule has 1 aliphatic heterocycles. The topological polar surface area (TPSA) is 3.24 Å². The van der Waals surface area contributed by atoms with Crippen molar-refractivity contribution in [2.24, 2.45) is 5.92 Å². The maximum absolute atomic E-state index is 4.63. The molecular weight excluding hydrogens is 731 g/mol. The van der Waals surface area contributed by atoms with Gasteiger partial charge in [-0.15, -0.1) is 0 Å². The van der Waals surface area contributed by atoms with Gasteiger partial charge in [-0.1, -0.05) is 183 Å². The van der Waals surface area contributed by atoms with Crippen LogP contribution in [-0.2, 0) is 11.8 Å². The second kappa shape index (κ2) is 17.0. The first-order chi connectivity index (χ1) is 29.1. The molecule has 0 bridgehead atoms. The molecule has 3 aliphatic carbocycles. The number of nitrogens with zero attached hydrogens (tertiary/aromatic N) is 1. The summed E-state index contributed by atoms with van der Waals surface area (Å²) in [5, 5.41) is 2.25. The van der Waals surface area contributed by atoms with Crippen molar-refractivity contribution in [1.82, 2.24) is 0 Å². The van der Waals surface area contributed by atoms with Gasteiger partial charge in [0.05, 0.1) is 5.41 Å². The maximum Gasteiger partial charge on any atom is 0.0529 e. The summed E-state index contributed by atoms with van der Waals surface area (Å²) in [4.78, 5) is 3.75. The Labute approximate surface area is 355 Å². The smallest absolute Gasteiger partial charge is 0.0529 e. The van der Waals surface area contributed by atoms with Crippen LogP contribution in [0.2, 0.25) is 0 Å². The van der Waals surface area contributed by atoms with E-state index in [-0.39, 0.29) is 11.3 Å². The minimum absolute atomic E-state index is 0.271. The van der Waals surface area contributed by atoms with E-state index in [1.165, 1.54) is 77.5 Å². The standard InChI is InChI=1S/C57H51NS/c1-4-42-30-31-43-32-33-44(39-53(43)50(42)5-2)41(3)20-16-18-36-58(48-26-17-19-37-59-56-29-15-12-21-45(56)38-48)49-34-35-52-51-27-13-14-28-54(51)57(55(52)40-49,46-22-8-6-9-23-46)47-24-10-7-11-25-47/h4-15,18-19,21-24,27-31,34-40,47H,1-3,16-17,20,25-26,32-33H2/b36-18+,37-19+,48-38-. The molecule has 290 valence electrons. The zero-order chi connectivity index (χ0) is 40.2. The van der Waals surface area contributed by atoms with Gasteiger partial charge in [0.1, 0.15) is 0 Å². The van der Waals surface area contributed by atoms with Crippen molar-refractivity contribution in [1.29, 1.82) is 0 Å². The Hall–Kier alpha value is -6.09. The number of fused-ring (bicyclic) bond motifs is 5. The first-order valence-corrected chi connectivity index (χ1v) is 22.0. The molecule has 5 aromatic carbocycles. The molecule has 0 aromatic heterocycles. The molecule has 0 saturated carbocycles. The molecule has 59 heavy (non-hydrogen) atoms. The van der Waals surface area contributed by atoms with Crippen LogP contribution in [0.4, 0.5) is 5.69 Å². The predicted octanol–water partition coefficient (Wildman–Crippen LogP) is 15.5. The van der Waals surface area contributed by atoms with Crippen LogP contribution in [0.5, 0.6) is 0 Å². The lowest BCUT2D eigenvalue weighted by Crippen LogP contribution is -2.35. The van der Waals surface area contributed by atoms with E-state index >= 15 is 0 Å². The molecule has 0 amide bonds. The van der Waals surface area contributed by atoms with Crippen molar-refractivity contribution in [3.63, 3.8) is 0 Å². The summed E-state index contributed by atoms with van der Waals surface area (Å²) in [5.41, 5.74) is 17.6. The number of allylic oxidation sites excluding steroid dienone is 9. The Balaban J connectivity index is 1.12. The second-order valence-corrected chi connectivity index (χ2v) is 16.9. The van der Waals surface area contributed by atoms with Crippen molar-refractivity contribution in [2.75, 3.05) is 4.90 Å². The lowest BCUT2D eigenvalue weighted by atomic mass is 9.62. The third-order valence-electron chi connectivity index (χ3n) is 12.7. The SMILES string of the molecule is C=Cc1ccc2c(c1C=C)C=C(C(=C)CC/C=C/N(/C1=C\c3ccccc3S/C=C/CC1)c1ccc3c(c1)C(c1ccccc1)(C1C=CC=CC1)c1ccccc1-3)CC2. The van der Waals surface area contributed by atoms with Crippen LogP contribution in [0.3, 0.4) is 0 Å². The molecule has 2 heteroatoms. The van der Waals surface area contributed by atoms with Gasteiger partial charge >= 0.3 is 0 Å². The minimum Gasteiger partial charge on any atom is -0.321 e. The highest BCUT2D eigenvalue weighted by Gasteiger charge is 2.49. The zero-order valence-corrected chi connectivity index (χ0v) is 34.6. The van der Waals surface area contributed by atoms with Crippen LogP contribution in [0.25, 0.3) is 35.4 Å². The lowest BCUT2D eigenvalue weighted by Gasteiger charge is -2.40. The number of thioether (sulfide) groups is 1. The molecule has 0 saturated heterocycles. The van der Waals surface area contributed by atoms with Crippen LogP contribution in [-0.4, -0.2) is 0 Å². The number of hydrogen-bond donors (Lipinski definition) is 0. The fourth-order valence-corrected chi connectivity index (χ4v) is 10.6. The van der Waals surface area contributed by atoms with Crippen LogP contribution in [0.15, 0.2) is 199 Å². The van der Waals surface area contributed by atoms with Gasteiger partial charge in [-0.05, 0) is 142 Å². The van der Waals surface area contributed by atoms with Crippen LogP contribution in [0, 0.1) is 5.92 Å². The summed E-state index contributed by atoms with van der Waals surface area (Å²) >= 11 is 1.81. The van der Waals surface area contributed by atoms with E-state index in [0.29, 0.717) is 0 Å². The molecule has 2 atom stereocenters. The van der Waals surface area contributed by atoms with Gasteiger partial charge in [-0.25, -0.2) is 0 Å². The molecule has 4 aliphatic rings. The van der Waals surface area contributed by atoms with Gasteiger partial charge in [0.2, 0.25) is 0 Å². The van der Waals surface area contributed by atoms with Gasteiger partial charge in [0.15, 0.2) is 0 Å². The third kappa shape index (κ3) is 7.21. The second-order valence-electron chi connectivity index (χ2n) is 15.9. The zero-order valence-electron chi connectivity index (χ0n) is 33.8. The Morgan fingerprint density at radius 1 is 0.780 bits per heavy atom.